The Morgan fingerprint density at radius 2 is 1.52 bits per heavy atom. The molecular formula is C18H29NO6. The third kappa shape index (κ3) is 3.45. The number of nitrogens with zero attached hydrogens (tertiary/aromatic N) is 1. The highest BCUT2D eigenvalue weighted by molar-refractivity contribution is 5.64. The van der Waals surface area contributed by atoms with Gasteiger partial charge in [-0.05, 0) is 25.7 Å². The zero-order chi connectivity index (χ0) is 17.3. The van der Waals surface area contributed by atoms with Crippen LogP contribution in [0.2, 0.25) is 0 Å². The summed E-state index contributed by atoms with van der Waals surface area (Å²) in [5.74, 6) is -1.20. The fourth-order valence-corrected chi connectivity index (χ4v) is 4.74. The molecule has 4 fully saturated rings. The van der Waals surface area contributed by atoms with Crippen LogP contribution in [-0.2, 0) is 18.9 Å². The predicted molar refractivity (Wildman–Crippen MR) is 88.5 cm³/mol. The largest absolute Gasteiger partial charge is 0.411 e. The van der Waals surface area contributed by atoms with Gasteiger partial charge in [0.2, 0.25) is 0 Å². The minimum atomic E-state index is -0.884. The van der Waals surface area contributed by atoms with Gasteiger partial charge in [-0.25, -0.2) is 0 Å². The molecule has 7 heteroatoms. The van der Waals surface area contributed by atoms with Crippen LogP contribution in [0.25, 0.3) is 0 Å². The molecule has 0 amide bonds. The maximum atomic E-state index is 10.9. The van der Waals surface area contributed by atoms with E-state index in [0.29, 0.717) is 6.61 Å². The second-order valence-corrected chi connectivity index (χ2v) is 7.83. The molecule has 2 aliphatic carbocycles. The fourth-order valence-electron chi connectivity index (χ4n) is 4.74. The molecule has 2 spiro atoms. The van der Waals surface area contributed by atoms with Gasteiger partial charge in [0.25, 0.3) is 0 Å². The van der Waals surface area contributed by atoms with E-state index in [1.165, 1.54) is 19.1 Å². The molecule has 2 aliphatic heterocycles. The number of ether oxygens (including phenoxy) is 4. The maximum Gasteiger partial charge on any atom is 0.169 e. The van der Waals surface area contributed by atoms with Crippen LogP contribution in [0.5, 0.6) is 0 Å². The second-order valence-electron chi connectivity index (χ2n) is 7.83. The molecule has 0 aromatic rings. The maximum absolute atomic E-state index is 10.9. The SMILES string of the molecule is O/N=C/[C@H]1OC2(CCCCC2)O[C@H]1[C@H](O)[C@@H]1COC2(CCCCC2)O1. The number of rotatable bonds is 3. The smallest absolute Gasteiger partial charge is 0.169 e. The normalized spacial score (nSPS) is 38.7. The van der Waals surface area contributed by atoms with E-state index in [2.05, 4.69) is 5.16 Å². The van der Waals surface area contributed by atoms with Crippen molar-refractivity contribution in [1.82, 2.24) is 0 Å². The van der Waals surface area contributed by atoms with E-state index in [0.717, 1.165) is 51.4 Å². The first-order valence-corrected chi connectivity index (χ1v) is 9.68. The quantitative estimate of drug-likeness (QED) is 0.459. The Kier molecular flexibility index (Phi) is 5.03. The Morgan fingerprint density at radius 3 is 2.16 bits per heavy atom. The lowest BCUT2D eigenvalue weighted by Crippen LogP contribution is -2.46. The lowest BCUT2D eigenvalue weighted by molar-refractivity contribution is -0.216. The van der Waals surface area contributed by atoms with Crippen molar-refractivity contribution in [1.29, 1.82) is 0 Å². The number of aliphatic hydroxyl groups is 1. The molecule has 4 aliphatic rings. The van der Waals surface area contributed by atoms with Crippen LogP contribution in [0.4, 0.5) is 0 Å². The average Bonchev–Trinajstić information content (AvgIpc) is 3.19. The van der Waals surface area contributed by atoms with Gasteiger partial charge in [0.1, 0.15) is 24.4 Å². The van der Waals surface area contributed by atoms with Gasteiger partial charge < -0.3 is 29.3 Å². The van der Waals surface area contributed by atoms with Crippen molar-refractivity contribution in [3.05, 3.63) is 0 Å². The summed E-state index contributed by atoms with van der Waals surface area (Å²) < 4.78 is 24.4. The topological polar surface area (TPSA) is 89.7 Å². The van der Waals surface area contributed by atoms with Crippen LogP contribution < -0.4 is 0 Å². The molecule has 0 aromatic heterocycles. The van der Waals surface area contributed by atoms with Gasteiger partial charge >= 0.3 is 0 Å². The molecule has 2 saturated carbocycles. The van der Waals surface area contributed by atoms with E-state index in [-0.39, 0.29) is 0 Å². The zero-order valence-corrected chi connectivity index (χ0v) is 14.6. The Labute approximate surface area is 148 Å². The first-order chi connectivity index (χ1) is 12.2. The summed E-state index contributed by atoms with van der Waals surface area (Å²) in [7, 11) is 0. The van der Waals surface area contributed by atoms with E-state index < -0.39 is 36.0 Å². The highest BCUT2D eigenvalue weighted by Gasteiger charge is 2.54. The third-order valence-electron chi connectivity index (χ3n) is 6.06. The molecule has 0 unspecified atom stereocenters. The summed E-state index contributed by atoms with van der Waals surface area (Å²) in [5.41, 5.74) is 0. The Bertz CT molecular complexity index is 486. The Balaban J connectivity index is 1.45. The molecule has 0 radical (unpaired) electrons. The van der Waals surface area contributed by atoms with Crippen LogP contribution in [0, 0.1) is 0 Å². The lowest BCUT2D eigenvalue weighted by atomic mass is 9.94. The van der Waals surface area contributed by atoms with Gasteiger partial charge in [-0.2, -0.15) is 0 Å². The molecule has 4 atom stereocenters. The van der Waals surface area contributed by atoms with Gasteiger partial charge in [0, 0.05) is 25.7 Å². The van der Waals surface area contributed by atoms with Gasteiger partial charge in [0.05, 0.1) is 12.8 Å². The number of aliphatic hydroxyl groups excluding tert-OH is 1. The summed E-state index contributed by atoms with van der Waals surface area (Å²) in [4.78, 5) is 0. The summed E-state index contributed by atoms with van der Waals surface area (Å²) in [5, 5.41) is 23.0. The molecule has 7 nitrogen and oxygen atoms in total. The first-order valence-electron chi connectivity index (χ1n) is 9.68. The van der Waals surface area contributed by atoms with Crippen LogP contribution in [0.1, 0.15) is 64.2 Å². The second kappa shape index (κ2) is 7.12. The van der Waals surface area contributed by atoms with Gasteiger partial charge in [-0.1, -0.05) is 18.0 Å². The van der Waals surface area contributed by atoms with Crippen molar-refractivity contribution < 1.29 is 29.3 Å². The number of hydrogen-bond acceptors (Lipinski definition) is 7. The van der Waals surface area contributed by atoms with E-state index in [1.54, 1.807) is 0 Å². The van der Waals surface area contributed by atoms with Gasteiger partial charge in [-0.15, -0.1) is 0 Å². The van der Waals surface area contributed by atoms with E-state index >= 15 is 0 Å². The summed E-state index contributed by atoms with van der Waals surface area (Å²) in [6, 6.07) is 0. The fraction of sp³-hybridized carbons (Fsp3) is 0.944. The standard InChI is InChI=1S/C18H29NO6/c20-15(14-12-22-17(24-14)7-3-1-4-8-17)16-13(11-19-21)23-18(25-16)9-5-2-6-10-18/h11,13-16,20-21H,1-10,12H2/b19-11+/t13-,14+,15-,16-/m1/s1. The first kappa shape index (κ1) is 17.7. The van der Waals surface area contributed by atoms with Crippen LogP contribution in [0.15, 0.2) is 5.16 Å². The number of oxime groups is 1. The molecule has 25 heavy (non-hydrogen) atoms. The summed E-state index contributed by atoms with van der Waals surface area (Å²) >= 11 is 0. The Hall–Kier alpha value is -0.730. The zero-order valence-electron chi connectivity index (χ0n) is 14.6. The summed E-state index contributed by atoms with van der Waals surface area (Å²) in [6.07, 6.45) is 8.80. The van der Waals surface area contributed by atoms with Crippen molar-refractivity contribution in [3.8, 4) is 0 Å². The molecule has 2 heterocycles. The third-order valence-corrected chi connectivity index (χ3v) is 6.06. The highest BCUT2D eigenvalue weighted by atomic mass is 16.8. The lowest BCUT2D eigenvalue weighted by Gasteiger charge is -2.34. The number of hydrogen-bond donors (Lipinski definition) is 2. The average molecular weight is 355 g/mol. The monoisotopic (exact) mass is 355 g/mol. The molecule has 2 saturated heterocycles. The van der Waals surface area contributed by atoms with E-state index in [4.69, 9.17) is 24.2 Å². The molecule has 2 N–H and O–H groups in total. The van der Waals surface area contributed by atoms with Gasteiger partial charge in [-0.3, -0.25) is 0 Å². The molecular weight excluding hydrogens is 326 g/mol. The van der Waals surface area contributed by atoms with Crippen molar-refractivity contribution in [2.24, 2.45) is 5.16 Å². The van der Waals surface area contributed by atoms with Crippen molar-refractivity contribution in [3.63, 3.8) is 0 Å². The molecule has 4 rings (SSSR count). The van der Waals surface area contributed by atoms with Gasteiger partial charge in [0.15, 0.2) is 11.6 Å². The highest BCUT2D eigenvalue weighted by Crippen LogP contribution is 2.43. The van der Waals surface area contributed by atoms with Crippen LogP contribution in [-0.4, -0.2) is 59.1 Å². The van der Waals surface area contributed by atoms with Crippen molar-refractivity contribution >= 4 is 6.21 Å². The predicted octanol–water partition coefficient (Wildman–Crippen LogP) is 2.33. The Morgan fingerprint density at radius 1 is 0.880 bits per heavy atom. The van der Waals surface area contributed by atoms with Crippen molar-refractivity contribution in [2.45, 2.75) is 100 Å². The van der Waals surface area contributed by atoms with Crippen molar-refractivity contribution in [2.75, 3.05) is 6.61 Å². The molecule has 0 bridgehead atoms. The van der Waals surface area contributed by atoms with E-state index in [1.807, 2.05) is 0 Å². The minimum Gasteiger partial charge on any atom is -0.411 e. The van der Waals surface area contributed by atoms with E-state index in [9.17, 15) is 5.11 Å². The van der Waals surface area contributed by atoms with Crippen LogP contribution in [0.3, 0.4) is 0 Å². The minimum absolute atomic E-state index is 0.358. The molecule has 0 aromatic carbocycles. The molecule has 142 valence electrons. The van der Waals surface area contributed by atoms with Crippen LogP contribution >= 0.6 is 0 Å². The summed E-state index contributed by atoms with van der Waals surface area (Å²) in [6.45, 7) is 0.358.